The number of para-hydroxylation sites is 1. The molecule has 2 N–H and O–H groups in total. The fourth-order valence-electron chi connectivity index (χ4n) is 3.73. The minimum atomic E-state index is -0.442. The number of anilines is 1. The molecule has 1 saturated heterocycles. The summed E-state index contributed by atoms with van der Waals surface area (Å²) < 4.78 is 10.6. The van der Waals surface area contributed by atoms with Crippen molar-refractivity contribution in [2.45, 2.75) is 11.3 Å². The van der Waals surface area contributed by atoms with E-state index in [1.807, 2.05) is 24.3 Å². The fraction of sp³-hybridized carbons (Fsp3) is 0.391. The van der Waals surface area contributed by atoms with E-state index in [9.17, 15) is 5.11 Å². The predicted molar refractivity (Wildman–Crippen MR) is 127 cm³/mol. The third kappa shape index (κ3) is 5.73. The van der Waals surface area contributed by atoms with Crippen LogP contribution in [0, 0.1) is 0 Å². The number of methoxy groups -OCH3 is 2. The Bertz CT molecular complexity index is 970. The van der Waals surface area contributed by atoms with Crippen molar-refractivity contribution in [1.82, 2.24) is 20.1 Å². The molecule has 0 radical (unpaired) electrons. The van der Waals surface area contributed by atoms with Gasteiger partial charge in [0.05, 0.1) is 20.3 Å². The van der Waals surface area contributed by atoms with E-state index in [2.05, 4.69) is 49.2 Å². The molecule has 1 unspecified atom stereocenters. The first-order chi connectivity index (χ1) is 15.6. The summed E-state index contributed by atoms with van der Waals surface area (Å²) >= 11 is 1.45. The minimum absolute atomic E-state index is 0.442. The molecule has 1 atom stereocenters. The normalized spacial score (nSPS) is 15.5. The Balaban J connectivity index is 1.26. The number of ether oxygens (including phenoxy) is 2. The van der Waals surface area contributed by atoms with Crippen LogP contribution in [0.3, 0.4) is 0 Å². The average molecular weight is 456 g/mol. The van der Waals surface area contributed by atoms with Gasteiger partial charge in [-0.05, 0) is 24.3 Å². The van der Waals surface area contributed by atoms with Crippen LogP contribution in [0.2, 0.25) is 0 Å². The fourth-order valence-corrected chi connectivity index (χ4v) is 4.45. The number of aliphatic hydroxyl groups excluding tert-OH is 1. The highest BCUT2D eigenvalue weighted by Gasteiger charge is 2.20. The Morgan fingerprint density at radius 3 is 2.38 bits per heavy atom. The number of piperazine rings is 1. The monoisotopic (exact) mass is 455 g/mol. The lowest BCUT2D eigenvalue weighted by molar-refractivity contribution is 0.126. The summed E-state index contributed by atoms with van der Waals surface area (Å²) in [4.78, 5) is 9.25. The molecule has 2 heterocycles. The molecule has 170 valence electrons. The van der Waals surface area contributed by atoms with E-state index < -0.39 is 6.10 Å². The first kappa shape index (κ1) is 22.4. The molecule has 1 fully saturated rings. The molecule has 32 heavy (non-hydrogen) atoms. The van der Waals surface area contributed by atoms with Gasteiger partial charge in [0.1, 0.15) is 11.5 Å². The summed E-state index contributed by atoms with van der Waals surface area (Å²) in [6, 6.07) is 16.0. The average Bonchev–Trinajstić information content (AvgIpc) is 3.32. The Morgan fingerprint density at radius 2 is 1.72 bits per heavy atom. The number of aromatic nitrogens is 3. The third-order valence-electron chi connectivity index (χ3n) is 5.46. The molecule has 1 aliphatic heterocycles. The lowest BCUT2D eigenvalue weighted by atomic mass is 10.2. The molecular formula is C23H29N5O3S. The van der Waals surface area contributed by atoms with E-state index in [0.29, 0.717) is 34.8 Å². The van der Waals surface area contributed by atoms with E-state index in [-0.39, 0.29) is 0 Å². The summed E-state index contributed by atoms with van der Waals surface area (Å²) in [5.41, 5.74) is 2.09. The number of hydrogen-bond acceptors (Lipinski definition) is 8. The van der Waals surface area contributed by atoms with Gasteiger partial charge in [-0.2, -0.15) is 0 Å². The van der Waals surface area contributed by atoms with Crippen molar-refractivity contribution < 1.29 is 14.6 Å². The second-order valence-corrected chi connectivity index (χ2v) is 8.64. The Kier molecular flexibility index (Phi) is 7.51. The number of β-amino-alcohol motifs (C(OH)–C–C–N with tert-alkyl or cyclic N) is 1. The van der Waals surface area contributed by atoms with Crippen molar-refractivity contribution in [2.24, 2.45) is 0 Å². The number of hydrogen-bond donors (Lipinski definition) is 2. The largest absolute Gasteiger partial charge is 0.497 e. The molecule has 0 aliphatic carbocycles. The first-order valence-corrected chi connectivity index (χ1v) is 11.6. The summed E-state index contributed by atoms with van der Waals surface area (Å²) in [7, 11) is 3.23. The molecule has 9 heteroatoms. The maximum Gasteiger partial charge on any atom is 0.208 e. The van der Waals surface area contributed by atoms with Gasteiger partial charge >= 0.3 is 0 Å². The lowest BCUT2D eigenvalue weighted by Gasteiger charge is -2.36. The van der Waals surface area contributed by atoms with E-state index in [1.54, 1.807) is 14.2 Å². The van der Waals surface area contributed by atoms with Crippen molar-refractivity contribution in [3.05, 3.63) is 48.5 Å². The standard InChI is InChI=1S/C23H29N5O3S/c1-30-20-12-17(13-21(14-20)31-2)22-24-23(26-25-22)32-16-19(29)15-27-8-10-28(11-9-27)18-6-4-3-5-7-18/h3-7,12-14,19,29H,8-11,15-16H2,1-2H3,(H,24,25,26). The van der Waals surface area contributed by atoms with Crippen molar-refractivity contribution in [3.63, 3.8) is 0 Å². The summed E-state index contributed by atoms with van der Waals surface area (Å²) in [6.07, 6.45) is -0.442. The van der Waals surface area contributed by atoms with Crippen molar-refractivity contribution in [3.8, 4) is 22.9 Å². The lowest BCUT2D eigenvalue weighted by Crippen LogP contribution is -2.48. The van der Waals surface area contributed by atoms with E-state index in [4.69, 9.17) is 9.47 Å². The maximum absolute atomic E-state index is 10.5. The first-order valence-electron chi connectivity index (χ1n) is 10.6. The minimum Gasteiger partial charge on any atom is -0.497 e. The number of aromatic amines is 1. The molecule has 2 aromatic carbocycles. The number of H-pyrrole nitrogens is 1. The van der Waals surface area contributed by atoms with Gasteiger partial charge in [-0.15, -0.1) is 5.10 Å². The number of benzene rings is 2. The zero-order valence-electron chi connectivity index (χ0n) is 18.4. The topological polar surface area (TPSA) is 86.7 Å². The molecule has 4 rings (SSSR count). The van der Waals surface area contributed by atoms with Crippen LogP contribution in [-0.2, 0) is 0 Å². The van der Waals surface area contributed by atoms with Crippen molar-refractivity contribution in [2.75, 3.05) is 57.6 Å². The van der Waals surface area contributed by atoms with Gasteiger partial charge in [-0.3, -0.25) is 10.00 Å². The van der Waals surface area contributed by atoms with E-state index in [0.717, 1.165) is 31.7 Å². The highest BCUT2D eigenvalue weighted by Crippen LogP contribution is 2.29. The summed E-state index contributed by atoms with van der Waals surface area (Å²) in [6.45, 7) is 4.48. The van der Waals surface area contributed by atoms with Gasteiger partial charge in [0, 0.05) is 55.8 Å². The van der Waals surface area contributed by atoms with Crippen LogP contribution < -0.4 is 14.4 Å². The maximum atomic E-state index is 10.5. The van der Waals surface area contributed by atoms with Crippen LogP contribution in [0.25, 0.3) is 11.4 Å². The molecule has 3 aromatic rings. The van der Waals surface area contributed by atoms with E-state index in [1.165, 1.54) is 17.4 Å². The quantitative estimate of drug-likeness (QED) is 0.477. The molecule has 0 spiro atoms. The van der Waals surface area contributed by atoms with Crippen LogP contribution in [0.15, 0.2) is 53.7 Å². The Morgan fingerprint density at radius 1 is 1.03 bits per heavy atom. The molecule has 0 bridgehead atoms. The summed E-state index contributed by atoms with van der Waals surface area (Å²) in [5.74, 6) is 2.55. The third-order valence-corrected chi connectivity index (χ3v) is 6.45. The van der Waals surface area contributed by atoms with Crippen LogP contribution >= 0.6 is 11.8 Å². The molecule has 0 amide bonds. The molecular weight excluding hydrogens is 426 g/mol. The van der Waals surface area contributed by atoms with Crippen LogP contribution in [-0.4, -0.2) is 84.0 Å². The second-order valence-electron chi connectivity index (χ2n) is 7.66. The Labute approximate surface area is 192 Å². The van der Waals surface area contributed by atoms with Crippen molar-refractivity contribution in [1.29, 1.82) is 0 Å². The molecule has 8 nitrogen and oxygen atoms in total. The zero-order valence-corrected chi connectivity index (χ0v) is 19.2. The van der Waals surface area contributed by atoms with Gasteiger partial charge < -0.3 is 19.5 Å². The predicted octanol–water partition coefficient (Wildman–Crippen LogP) is 2.76. The van der Waals surface area contributed by atoms with Gasteiger partial charge in [0.25, 0.3) is 0 Å². The highest BCUT2D eigenvalue weighted by atomic mass is 32.2. The van der Waals surface area contributed by atoms with E-state index >= 15 is 0 Å². The number of nitrogens with one attached hydrogen (secondary N) is 1. The SMILES string of the molecule is COc1cc(OC)cc(-c2nc(SCC(O)CN3CCN(c4ccccc4)CC3)n[nH]2)c1. The summed E-state index contributed by atoms with van der Waals surface area (Å²) in [5, 5.41) is 18.4. The Hall–Kier alpha value is -2.75. The van der Waals surface area contributed by atoms with Gasteiger partial charge in [-0.1, -0.05) is 30.0 Å². The number of thioether (sulfide) groups is 1. The van der Waals surface area contributed by atoms with Gasteiger partial charge in [0.2, 0.25) is 5.16 Å². The zero-order chi connectivity index (χ0) is 22.3. The molecule has 0 saturated carbocycles. The van der Waals surface area contributed by atoms with Crippen LogP contribution in [0.1, 0.15) is 0 Å². The van der Waals surface area contributed by atoms with Gasteiger partial charge in [0.15, 0.2) is 5.82 Å². The van der Waals surface area contributed by atoms with Gasteiger partial charge in [-0.25, -0.2) is 4.98 Å². The highest BCUT2D eigenvalue weighted by molar-refractivity contribution is 7.99. The smallest absolute Gasteiger partial charge is 0.208 e. The number of rotatable bonds is 9. The van der Waals surface area contributed by atoms with Crippen LogP contribution in [0.4, 0.5) is 5.69 Å². The van der Waals surface area contributed by atoms with Crippen LogP contribution in [0.5, 0.6) is 11.5 Å². The second kappa shape index (κ2) is 10.7. The number of nitrogens with zero attached hydrogens (tertiary/aromatic N) is 4. The number of aliphatic hydroxyl groups is 1. The molecule has 1 aliphatic rings. The van der Waals surface area contributed by atoms with Crippen molar-refractivity contribution >= 4 is 17.4 Å². The molecule has 1 aromatic heterocycles.